The van der Waals surface area contributed by atoms with Gasteiger partial charge in [0.15, 0.2) is 0 Å². The van der Waals surface area contributed by atoms with Crippen molar-refractivity contribution in [2.45, 2.75) is 0 Å². The van der Waals surface area contributed by atoms with Gasteiger partial charge in [0.05, 0.1) is 36.0 Å². The van der Waals surface area contributed by atoms with Crippen LogP contribution in [0.4, 0.5) is 14.9 Å². The molecule has 0 aromatic heterocycles. The Labute approximate surface area is 206 Å². The number of rotatable bonds is 8. The van der Waals surface area contributed by atoms with Crippen LogP contribution in [-0.4, -0.2) is 44.1 Å². The van der Waals surface area contributed by atoms with Gasteiger partial charge in [0.1, 0.15) is 36.2 Å². The number of carbonyl (C=O) groups is 2. The highest BCUT2D eigenvalue weighted by Crippen LogP contribution is 2.40. The number of anilines is 1. The summed E-state index contributed by atoms with van der Waals surface area (Å²) in [6, 6.07) is 9.91. The lowest BCUT2D eigenvalue weighted by atomic mass is 10.2. The van der Waals surface area contributed by atoms with Crippen LogP contribution in [0, 0.1) is 5.82 Å². The average Bonchev–Trinajstić information content (AvgIpc) is 3.43. The second-order valence-electron chi connectivity index (χ2n) is 6.97. The Balaban J connectivity index is 1.44. The lowest BCUT2D eigenvalue weighted by molar-refractivity contribution is 0.0412. The highest BCUT2D eigenvalue weighted by molar-refractivity contribution is 7.70. The molecule has 0 bridgehead atoms. The Morgan fingerprint density at radius 1 is 1.03 bits per heavy atom. The summed E-state index contributed by atoms with van der Waals surface area (Å²) in [5.41, 5.74) is 0.878. The van der Waals surface area contributed by atoms with Gasteiger partial charge in [-0.1, -0.05) is 20.7 Å². The molecule has 2 aliphatic heterocycles. The van der Waals surface area contributed by atoms with E-state index in [4.69, 9.17) is 18.9 Å². The predicted octanol–water partition coefficient (Wildman–Crippen LogP) is 4.63. The maximum Gasteiger partial charge on any atom is 0.411 e. The molecule has 12 heteroatoms. The third-order valence-electron chi connectivity index (χ3n) is 4.89. The van der Waals surface area contributed by atoms with Crippen molar-refractivity contribution >= 4 is 38.4 Å². The predicted molar refractivity (Wildman–Crippen MR) is 129 cm³/mol. The first kappa shape index (κ1) is 24.2. The number of nitrogens with one attached hydrogen (secondary N) is 1. The van der Waals surface area contributed by atoms with E-state index in [9.17, 15) is 18.8 Å². The van der Waals surface area contributed by atoms with Crippen LogP contribution in [0.3, 0.4) is 0 Å². The van der Waals surface area contributed by atoms with E-state index < -0.39 is 23.4 Å². The molecule has 4 rings (SSSR count). The largest absolute Gasteiger partial charge is 0.497 e. The van der Waals surface area contributed by atoms with Crippen LogP contribution >= 0.6 is 20.7 Å². The molecule has 182 valence electrons. The van der Waals surface area contributed by atoms with Crippen molar-refractivity contribution in [1.29, 1.82) is 0 Å². The molecule has 0 saturated carbocycles. The zero-order valence-electron chi connectivity index (χ0n) is 18.5. The molecule has 0 spiro atoms. The molecule has 0 fully saturated rings. The van der Waals surface area contributed by atoms with Gasteiger partial charge >= 0.3 is 12.1 Å². The molecule has 0 atom stereocenters. The quantitative estimate of drug-likeness (QED) is 0.206. The SMILES string of the molecule is COc1ccc(-n2c3cssc-3c(NC(=O)OCCOC(=O)c3ccc(F)cc3)c2=O)c(OC)c1. The number of ether oxygens (including phenoxy) is 4. The highest BCUT2D eigenvalue weighted by Gasteiger charge is 2.27. The minimum absolute atomic E-state index is 0.0671. The van der Waals surface area contributed by atoms with Crippen molar-refractivity contribution in [3.05, 3.63) is 69.6 Å². The molecule has 2 aliphatic rings. The number of fused-ring (bicyclic) bond motifs is 1. The molecular weight excluding hydrogens is 499 g/mol. The van der Waals surface area contributed by atoms with Crippen molar-refractivity contribution in [3.63, 3.8) is 0 Å². The van der Waals surface area contributed by atoms with Gasteiger partial charge in [0.2, 0.25) is 0 Å². The third kappa shape index (κ3) is 5.12. The summed E-state index contributed by atoms with van der Waals surface area (Å²) in [6.45, 7) is -0.454. The van der Waals surface area contributed by atoms with Gasteiger partial charge in [-0.15, -0.1) is 0 Å². The van der Waals surface area contributed by atoms with E-state index in [1.807, 2.05) is 0 Å². The minimum Gasteiger partial charge on any atom is -0.497 e. The molecule has 0 radical (unpaired) electrons. The second kappa shape index (κ2) is 10.6. The van der Waals surface area contributed by atoms with Gasteiger partial charge in [-0.2, -0.15) is 0 Å². The summed E-state index contributed by atoms with van der Waals surface area (Å²) in [5, 5.41) is 4.29. The molecule has 35 heavy (non-hydrogen) atoms. The summed E-state index contributed by atoms with van der Waals surface area (Å²) >= 11 is 0. The van der Waals surface area contributed by atoms with E-state index in [-0.39, 0.29) is 24.5 Å². The monoisotopic (exact) mass is 518 g/mol. The van der Waals surface area contributed by atoms with E-state index in [1.54, 1.807) is 23.6 Å². The van der Waals surface area contributed by atoms with Crippen LogP contribution in [0.2, 0.25) is 0 Å². The summed E-state index contributed by atoms with van der Waals surface area (Å²) in [5.74, 6) is -0.161. The first-order valence-electron chi connectivity index (χ1n) is 10.1. The van der Waals surface area contributed by atoms with Crippen molar-refractivity contribution < 1.29 is 32.9 Å². The molecule has 0 saturated heterocycles. The molecule has 1 N–H and O–H groups in total. The number of hydrogen-bond acceptors (Lipinski definition) is 9. The summed E-state index contributed by atoms with van der Waals surface area (Å²) in [4.78, 5) is 38.1. The number of esters is 1. The lowest BCUT2D eigenvalue weighted by Crippen LogP contribution is -2.23. The van der Waals surface area contributed by atoms with Gasteiger partial charge in [0.25, 0.3) is 5.56 Å². The van der Waals surface area contributed by atoms with Gasteiger partial charge in [-0.25, -0.2) is 14.0 Å². The third-order valence-corrected chi connectivity index (χ3v) is 6.97. The van der Waals surface area contributed by atoms with Crippen molar-refractivity contribution in [2.24, 2.45) is 0 Å². The standard InChI is InChI=1S/C23H19FN2O7S2/c1-30-15-7-8-16(18(11-15)31-2)26-17-12-34-35-20(17)19(21(26)27)25-23(29)33-10-9-32-22(28)13-3-5-14(24)6-4-13/h3-8,11-12H,9-10H2,1-2H3,(H,25,29). The Morgan fingerprint density at radius 2 is 1.77 bits per heavy atom. The topological polar surface area (TPSA) is 105 Å². The number of hydrogen-bond donors (Lipinski definition) is 1. The maximum absolute atomic E-state index is 13.2. The van der Waals surface area contributed by atoms with Gasteiger partial charge < -0.3 is 18.9 Å². The number of aromatic nitrogens is 1. The number of benzene rings is 2. The first-order valence-corrected chi connectivity index (χ1v) is 12.4. The van der Waals surface area contributed by atoms with Crippen molar-refractivity contribution in [1.82, 2.24) is 4.57 Å². The second-order valence-corrected chi connectivity index (χ2v) is 9.05. The normalized spacial score (nSPS) is 10.7. The molecule has 9 nitrogen and oxygen atoms in total. The fourth-order valence-electron chi connectivity index (χ4n) is 3.25. The van der Waals surface area contributed by atoms with Crippen LogP contribution in [0.25, 0.3) is 16.3 Å². The zero-order valence-corrected chi connectivity index (χ0v) is 20.2. The van der Waals surface area contributed by atoms with Crippen LogP contribution in [0.5, 0.6) is 11.5 Å². The smallest absolute Gasteiger partial charge is 0.411 e. The molecule has 2 aromatic carbocycles. The van der Waals surface area contributed by atoms with Crippen LogP contribution in [0.15, 0.2) is 52.6 Å². The van der Waals surface area contributed by atoms with E-state index in [2.05, 4.69) is 5.32 Å². The Bertz CT molecular complexity index is 1380. The molecule has 2 aromatic rings. The van der Waals surface area contributed by atoms with E-state index >= 15 is 0 Å². The first-order chi connectivity index (χ1) is 16.9. The molecule has 0 unspecified atom stereocenters. The van der Waals surface area contributed by atoms with Crippen LogP contribution in [-0.2, 0) is 9.47 Å². The number of amides is 1. The van der Waals surface area contributed by atoms with E-state index in [1.165, 1.54) is 51.6 Å². The van der Waals surface area contributed by atoms with Gasteiger partial charge in [0, 0.05) is 11.4 Å². The highest BCUT2D eigenvalue weighted by atomic mass is 32.9. The fraction of sp³-hybridized carbons (Fsp3) is 0.174. The minimum atomic E-state index is -0.876. The summed E-state index contributed by atoms with van der Waals surface area (Å²) in [6.07, 6.45) is -0.876. The van der Waals surface area contributed by atoms with E-state index in [0.29, 0.717) is 27.8 Å². The molecular formula is C23H19FN2O7S2. The van der Waals surface area contributed by atoms with Gasteiger partial charge in [-0.05, 0) is 36.4 Å². The molecule has 0 aliphatic carbocycles. The maximum atomic E-state index is 13.2. The number of carbonyl (C=O) groups excluding carboxylic acids is 2. The Hall–Kier alpha value is -3.90. The zero-order chi connectivity index (χ0) is 24.9. The van der Waals surface area contributed by atoms with Gasteiger partial charge in [-0.3, -0.25) is 14.7 Å². The van der Waals surface area contributed by atoms with E-state index in [0.717, 1.165) is 12.1 Å². The molecule has 1 amide bonds. The average molecular weight is 519 g/mol. The fourth-order valence-corrected chi connectivity index (χ4v) is 5.45. The van der Waals surface area contributed by atoms with Crippen LogP contribution < -0.4 is 20.3 Å². The van der Waals surface area contributed by atoms with Crippen LogP contribution in [0.1, 0.15) is 10.4 Å². The number of halogens is 1. The summed E-state index contributed by atoms with van der Waals surface area (Å²) in [7, 11) is 5.75. The van der Waals surface area contributed by atoms with Crippen molar-refractivity contribution in [3.8, 4) is 27.8 Å². The number of nitrogens with zero attached hydrogens (tertiary/aromatic N) is 1. The summed E-state index contributed by atoms with van der Waals surface area (Å²) < 4.78 is 35.1. The number of methoxy groups -OCH3 is 2. The Morgan fingerprint density at radius 3 is 2.49 bits per heavy atom. The van der Waals surface area contributed by atoms with Crippen molar-refractivity contribution in [2.75, 3.05) is 32.8 Å². The lowest BCUT2D eigenvalue weighted by Gasteiger charge is -2.11. The Kier molecular flexibility index (Phi) is 7.32. The molecule has 2 heterocycles.